The highest BCUT2D eigenvalue weighted by Gasteiger charge is 2.24. The van der Waals surface area contributed by atoms with E-state index in [1.54, 1.807) is 61.5 Å². The zero-order valence-corrected chi connectivity index (χ0v) is 20.0. The molecule has 2 N–H and O–H groups in total. The average molecular weight is 483 g/mol. The summed E-state index contributed by atoms with van der Waals surface area (Å²) in [6.45, 7) is 0. The molecule has 0 bridgehead atoms. The van der Waals surface area contributed by atoms with E-state index in [1.807, 2.05) is 36.4 Å². The monoisotopic (exact) mass is 482 g/mol. The molecule has 8 heteroatoms. The maximum atomic E-state index is 13.4. The highest BCUT2D eigenvalue weighted by atomic mass is 16.5. The Balaban J connectivity index is 1.45. The molecule has 2 amide bonds. The number of carbonyl (C=O) groups is 2. The molecule has 0 saturated heterocycles. The molecule has 1 aliphatic rings. The highest BCUT2D eigenvalue weighted by Crippen LogP contribution is 2.33. The number of aromatic nitrogens is 2. The lowest BCUT2D eigenvalue weighted by atomic mass is 10.1. The first kappa shape index (κ1) is 23.2. The first-order chi connectivity index (χ1) is 17.6. The molecule has 182 valence electrons. The lowest BCUT2D eigenvalue weighted by Gasteiger charge is -2.10. The Morgan fingerprint density at radius 3 is 2.28 bits per heavy atom. The van der Waals surface area contributed by atoms with Gasteiger partial charge < -0.3 is 20.1 Å². The zero-order chi connectivity index (χ0) is 25.1. The fraction of sp³-hybridized carbons (Fsp3) is 0.179. The minimum Gasteiger partial charge on any atom is -0.493 e. The van der Waals surface area contributed by atoms with Crippen molar-refractivity contribution >= 4 is 17.5 Å². The van der Waals surface area contributed by atoms with Crippen molar-refractivity contribution in [2.24, 2.45) is 0 Å². The number of anilines is 1. The molecule has 1 aromatic heterocycles. The maximum Gasteiger partial charge on any atom is 0.259 e. The predicted octanol–water partition coefficient (Wildman–Crippen LogP) is 4.70. The van der Waals surface area contributed by atoms with Gasteiger partial charge >= 0.3 is 0 Å². The Morgan fingerprint density at radius 2 is 1.61 bits per heavy atom. The first-order valence-electron chi connectivity index (χ1n) is 11.7. The topological polar surface area (TPSA) is 94.5 Å². The Bertz CT molecular complexity index is 1390. The number of hydrogen-bond donors (Lipinski definition) is 2. The summed E-state index contributed by atoms with van der Waals surface area (Å²) >= 11 is 0. The van der Waals surface area contributed by atoms with Gasteiger partial charge in [-0.2, -0.15) is 5.10 Å². The van der Waals surface area contributed by atoms with Gasteiger partial charge in [0.2, 0.25) is 0 Å². The summed E-state index contributed by atoms with van der Waals surface area (Å²) in [7, 11) is 3.13. The highest BCUT2D eigenvalue weighted by molar-refractivity contribution is 6.08. The summed E-state index contributed by atoms with van der Waals surface area (Å²) in [4.78, 5) is 25.7. The van der Waals surface area contributed by atoms with Crippen LogP contribution in [0.1, 0.15) is 33.6 Å². The second kappa shape index (κ2) is 9.95. The molecule has 0 radical (unpaired) electrons. The number of carbonyl (C=O) groups excluding carboxylic acids is 2. The molecule has 0 atom stereocenters. The van der Waals surface area contributed by atoms with Crippen molar-refractivity contribution < 1.29 is 19.1 Å². The number of rotatable bonds is 8. The van der Waals surface area contributed by atoms with Crippen molar-refractivity contribution in [2.75, 3.05) is 19.5 Å². The number of hydrogen-bond acceptors (Lipinski definition) is 5. The normalized spacial score (nSPS) is 12.6. The Kier molecular flexibility index (Phi) is 6.40. The molecule has 3 aromatic carbocycles. The van der Waals surface area contributed by atoms with Crippen LogP contribution in [0.25, 0.3) is 16.9 Å². The molecule has 8 nitrogen and oxygen atoms in total. The van der Waals surface area contributed by atoms with Gasteiger partial charge in [-0.15, -0.1) is 0 Å². The second-order valence-electron chi connectivity index (χ2n) is 8.52. The minimum atomic E-state index is -0.322. The van der Waals surface area contributed by atoms with Gasteiger partial charge in [0.25, 0.3) is 11.8 Å². The number of amides is 2. The predicted molar refractivity (Wildman–Crippen MR) is 137 cm³/mol. The van der Waals surface area contributed by atoms with Crippen molar-refractivity contribution in [3.63, 3.8) is 0 Å². The molecule has 0 unspecified atom stereocenters. The van der Waals surface area contributed by atoms with Gasteiger partial charge in [0.05, 0.1) is 25.5 Å². The number of nitrogens with zero attached hydrogens (tertiary/aromatic N) is 2. The fourth-order valence-electron chi connectivity index (χ4n) is 3.85. The van der Waals surface area contributed by atoms with Crippen LogP contribution in [0.2, 0.25) is 0 Å². The molecule has 5 rings (SSSR count). The van der Waals surface area contributed by atoms with Gasteiger partial charge in [0.15, 0.2) is 11.5 Å². The van der Waals surface area contributed by atoms with E-state index in [4.69, 9.17) is 14.6 Å². The SMILES string of the molecule is COc1ccc(-c2nn(-c3ccccc3)cc2C(=O)Nc2ccc(C(=O)NC3CC3)cc2)cc1OC. The number of methoxy groups -OCH3 is 2. The summed E-state index contributed by atoms with van der Waals surface area (Å²) in [5.74, 6) is 0.698. The Labute approximate surface area is 208 Å². The summed E-state index contributed by atoms with van der Waals surface area (Å²) < 4.78 is 12.5. The van der Waals surface area contributed by atoms with Crippen LogP contribution < -0.4 is 20.1 Å². The van der Waals surface area contributed by atoms with E-state index in [0.717, 1.165) is 18.5 Å². The van der Waals surface area contributed by atoms with Crippen LogP contribution in [-0.4, -0.2) is 41.9 Å². The van der Waals surface area contributed by atoms with E-state index in [1.165, 1.54) is 0 Å². The molecular formula is C28H26N4O4. The molecule has 1 fully saturated rings. The summed E-state index contributed by atoms with van der Waals surface area (Å²) in [6.07, 6.45) is 3.76. The van der Waals surface area contributed by atoms with Crippen LogP contribution in [0.3, 0.4) is 0 Å². The van der Waals surface area contributed by atoms with E-state index in [2.05, 4.69) is 10.6 Å². The zero-order valence-electron chi connectivity index (χ0n) is 20.0. The van der Waals surface area contributed by atoms with Crippen LogP contribution in [0.4, 0.5) is 5.69 Å². The third kappa shape index (κ3) is 4.93. The van der Waals surface area contributed by atoms with Crippen molar-refractivity contribution in [3.05, 3.63) is 90.1 Å². The van der Waals surface area contributed by atoms with Gasteiger partial charge in [-0.1, -0.05) is 18.2 Å². The summed E-state index contributed by atoms with van der Waals surface area (Å²) in [5, 5.41) is 10.6. The smallest absolute Gasteiger partial charge is 0.259 e. The van der Waals surface area contributed by atoms with Crippen molar-refractivity contribution in [2.45, 2.75) is 18.9 Å². The van der Waals surface area contributed by atoms with E-state index in [-0.39, 0.29) is 17.9 Å². The largest absolute Gasteiger partial charge is 0.493 e. The minimum absolute atomic E-state index is 0.102. The van der Waals surface area contributed by atoms with Crippen LogP contribution in [0, 0.1) is 0 Å². The van der Waals surface area contributed by atoms with Crippen LogP contribution in [0.5, 0.6) is 11.5 Å². The molecule has 0 spiro atoms. The molecule has 1 aliphatic carbocycles. The fourth-order valence-corrected chi connectivity index (χ4v) is 3.85. The van der Waals surface area contributed by atoms with Crippen molar-refractivity contribution in [1.82, 2.24) is 15.1 Å². The number of benzene rings is 3. The van der Waals surface area contributed by atoms with Crippen molar-refractivity contribution in [1.29, 1.82) is 0 Å². The molecule has 4 aromatic rings. The molecule has 0 aliphatic heterocycles. The molecular weight excluding hydrogens is 456 g/mol. The number of nitrogens with one attached hydrogen (secondary N) is 2. The Morgan fingerprint density at radius 1 is 0.889 bits per heavy atom. The van der Waals surface area contributed by atoms with Crippen LogP contribution in [-0.2, 0) is 0 Å². The lowest BCUT2D eigenvalue weighted by Crippen LogP contribution is -2.25. The summed E-state index contributed by atoms with van der Waals surface area (Å²) in [5.41, 5.74) is 3.56. The molecule has 1 heterocycles. The van der Waals surface area contributed by atoms with Gasteiger partial charge in [0.1, 0.15) is 5.69 Å². The van der Waals surface area contributed by atoms with E-state index in [9.17, 15) is 9.59 Å². The standard InChI is InChI=1S/C28H26N4O4/c1-35-24-15-10-19(16-25(24)36-2)26-23(17-32(31-26)22-6-4-3-5-7-22)28(34)30-20-11-8-18(9-12-20)27(33)29-21-13-14-21/h3-12,15-17,21H,13-14H2,1-2H3,(H,29,33)(H,30,34). The van der Waals surface area contributed by atoms with Gasteiger partial charge in [-0.3, -0.25) is 9.59 Å². The summed E-state index contributed by atoms with van der Waals surface area (Å²) in [6, 6.07) is 22.1. The Hall–Kier alpha value is -4.59. The second-order valence-corrected chi connectivity index (χ2v) is 8.52. The maximum absolute atomic E-state index is 13.4. The number of para-hydroxylation sites is 1. The van der Waals surface area contributed by atoms with Gasteiger partial charge in [-0.05, 0) is 67.4 Å². The van der Waals surface area contributed by atoms with Gasteiger partial charge in [-0.25, -0.2) is 4.68 Å². The quantitative estimate of drug-likeness (QED) is 0.380. The number of ether oxygens (including phenoxy) is 2. The van der Waals surface area contributed by atoms with E-state index < -0.39 is 0 Å². The van der Waals surface area contributed by atoms with Crippen molar-refractivity contribution in [3.8, 4) is 28.4 Å². The van der Waals surface area contributed by atoms with Crippen LogP contribution in [0.15, 0.2) is 79.0 Å². The lowest BCUT2D eigenvalue weighted by molar-refractivity contribution is 0.0950. The first-order valence-corrected chi connectivity index (χ1v) is 11.7. The van der Waals surface area contributed by atoms with Crippen LogP contribution >= 0.6 is 0 Å². The molecule has 1 saturated carbocycles. The average Bonchev–Trinajstić information content (AvgIpc) is 3.62. The molecule has 36 heavy (non-hydrogen) atoms. The van der Waals surface area contributed by atoms with Gasteiger partial charge in [0, 0.05) is 29.1 Å². The third-order valence-corrected chi connectivity index (χ3v) is 5.95. The van der Waals surface area contributed by atoms with E-state index >= 15 is 0 Å². The van der Waals surface area contributed by atoms with E-state index in [0.29, 0.717) is 39.6 Å². The third-order valence-electron chi connectivity index (χ3n) is 5.95.